The fraction of sp³-hybridized carbons (Fsp3) is 0.800. The van der Waals surface area contributed by atoms with Gasteiger partial charge in [-0.3, -0.25) is 4.98 Å². The van der Waals surface area contributed by atoms with Gasteiger partial charge in [-0.2, -0.15) is 16.9 Å². The summed E-state index contributed by atoms with van der Waals surface area (Å²) in [6.45, 7) is 0. The Morgan fingerprint density at radius 1 is 1.40 bits per heavy atom. The molecule has 3 atom stereocenters. The first kappa shape index (κ1) is 9.51. The first-order valence-electron chi connectivity index (χ1n) is 5.56. The molecule has 1 aromatic heterocycles. The van der Waals surface area contributed by atoms with Crippen LogP contribution in [-0.2, 0) is 5.75 Å². The van der Waals surface area contributed by atoms with Crippen LogP contribution in [0.3, 0.4) is 0 Å². The van der Waals surface area contributed by atoms with E-state index < -0.39 is 0 Å². The molecule has 2 N–H and O–H groups in total. The average molecular weight is 225 g/mol. The minimum absolute atomic E-state index is 0.196. The monoisotopic (exact) mass is 225 g/mol. The third-order valence-corrected chi connectivity index (χ3v) is 5.10. The number of aromatic amines is 2. The largest absolute Gasteiger partial charge is 0.340 e. The Bertz CT molecular complexity index is 399. The minimum atomic E-state index is -0.196. The highest BCUT2D eigenvalue weighted by Gasteiger charge is 2.39. The van der Waals surface area contributed by atoms with Crippen LogP contribution in [0.4, 0.5) is 0 Å². The van der Waals surface area contributed by atoms with Crippen LogP contribution in [0.25, 0.3) is 0 Å². The number of aromatic nitrogens is 3. The molecular weight excluding hydrogens is 210 g/mol. The summed E-state index contributed by atoms with van der Waals surface area (Å²) < 4.78 is 0. The van der Waals surface area contributed by atoms with Crippen molar-refractivity contribution < 1.29 is 0 Å². The first-order chi connectivity index (χ1) is 7.31. The molecule has 1 aromatic rings. The predicted octanol–water partition coefficient (Wildman–Crippen LogP) is 1.52. The summed E-state index contributed by atoms with van der Waals surface area (Å²) in [5.41, 5.74) is -0.196. The summed E-state index contributed by atoms with van der Waals surface area (Å²) in [7, 11) is 0. The van der Waals surface area contributed by atoms with E-state index in [0.29, 0.717) is 0 Å². The molecule has 1 heterocycles. The zero-order chi connectivity index (χ0) is 10.3. The van der Waals surface area contributed by atoms with E-state index in [0.717, 1.165) is 28.7 Å². The van der Waals surface area contributed by atoms with E-state index in [1.165, 1.54) is 25.7 Å². The topological polar surface area (TPSA) is 61.5 Å². The molecular formula is C10H15N3OS. The lowest BCUT2D eigenvalue weighted by molar-refractivity contribution is 0.492. The Morgan fingerprint density at radius 3 is 2.93 bits per heavy atom. The van der Waals surface area contributed by atoms with Crippen LogP contribution in [0.1, 0.15) is 31.5 Å². The Labute approximate surface area is 92.2 Å². The van der Waals surface area contributed by atoms with Crippen LogP contribution >= 0.6 is 11.8 Å². The molecule has 15 heavy (non-hydrogen) atoms. The molecule has 5 heteroatoms. The van der Waals surface area contributed by atoms with Gasteiger partial charge in [-0.15, -0.1) is 0 Å². The van der Waals surface area contributed by atoms with Gasteiger partial charge in [0.25, 0.3) is 0 Å². The zero-order valence-electron chi connectivity index (χ0n) is 8.53. The van der Waals surface area contributed by atoms with Crippen LogP contribution in [0.2, 0.25) is 0 Å². The van der Waals surface area contributed by atoms with Crippen molar-refractivity contribution in [2.45, 2.75) is 36.7 Å². The Kier molecular flexibility index (Phi) is 2.35. The maximum atomic E-state index is 10.8. The SMILES string of the molecule is O=c1[nH]nc(CS[C@@H]2C[C@H]3CC[C@@H]2C3)[nH]1. The molecule has 3 rings (SSSR count). The lowest BCUT2D eigenvalue weighted by atomic mass is 10.0. The van der Waals surface area contributed by atoms with Gasteiger partial charge in [-0.25, -0.2) is 9.89 Å². The number of nitrogens with one attached hydrogen (secondary N) is 2. The van der Waals surface area contributed by atoms with Crippen LogP contribution < -0.4 is 5.69 Å². The minimum Gasteiger partial charge on any atom is -0.292 e. The summed E-state index contributed by atoms with van der Waals surface area (Å²) in [4.78, 5) is 13.5. The predicted molar refractivity (Wildman–Crippen MR) is 59.7 cm³/mol. The second-order valence-electron chi connectivity index (χ2n) is 4.65. The van der Waals surface area contributed by atoms with Gasteiger partial charge in [-0.05, 0) is 31.1 Å². The molecule has 2 aliphatic rings. The zero-order valence-corrected chi connectivity index (χ0v) is 9.35. The number of nitrogens with zero attached hydrogens (tertiary/aromatic N) is 1. The van der Waals surface area contributed by atoms with Crippen molar-refractivity contribution in [1.82, 2.24) is 15.2 Å². The maximum absolute atomic E-state index is 10.8. The third kappa shape index (κ3) is 1.85. The smallest absolute Gasteiger partial charge is 0.292 e. The molecule has 0 aromatic carbocycles. The molecule has 0 saturated heterocycles. The summed E-state index contributed by atoms with van der Waals surface area (Å²) >= 11 is 1.96. The second kappa shape index (κ2) is 3.70. The number of hydrogen-bond acceptors (Lipinski definition) is 3. The van der Waals surface area contributed by atoms with Crippen molar-refractivity contribution in [3.8, 4) is 0 Å². The molecule has 0 radical (unpaired) electrons. The van der Waals surface area contributed by atoms with Gasteiger partial charge in [0, 0.05) is 5.25 Å². The number of H-pyrrole nitrogens is 2. The van der Waals surface area contributed by atoms with Crippen molar-refractivity contribution in [3.63, 3.8) is 0 Å². The van der Waals surface area contributed by atoms with E-state index in [1.54, 1.807) is 0 Å². The highest BCUT2D eigenvalue weighted by atomic mass is 32.2. The van der Waals surface area contributed by atoms with Gasteiger partial charge in [0.1, 0.15) is 5.82 Å². The molecule has 0 unspecified atom stereocenters. The van der Waals surface area contributed by atoms with Crippen molar-refractivity contribution >= 4 is 11.8 Å². The third-order valence-electron chi connectivity index (χ3n) is 3.66. The standard InChI is InChI=1S/C10H15N3OS/c14-10-11-9(12-13-10)5-15-8-4-6-1-2-7(8)3-6/h6-8H,1-5H2,(H2,11,12,13,14)/t6-,7+,8+/m0/s1. The average Bonchev–Trinajstić information content (AvgIpc) is 2.90. The van der Waals surface area contributed by atoms with Crippen molar-refractivity contribution in [3.05, 3.63) is 16.3 Å². The van der Waals surface area contributed by atoms with Gasteiger partial charge in [0.05, 0.1) is 5.75 Å². The number of rotatable bonds is 3. The Hall–Kier alpha value is -0.710. The van der Waals surface area contributed by atoms with Gasteiger partial charge in [0.15, 0.2) is 0 Å². The highest BCUT2D eigenvalue weighted by molar-refractivity contribution is 7.99. The van der Waals surface area contributed by atoms with Crippen molar-refractivity contribution in [2.24, 2.45) is 11.8 Å². The lowest BCUT2D eigenvalue weighted by Crippen LogP contribution is -2.12. The first-order valence-corrected chi connectivity index (χ1v) is 6.61. The van der Waals surface area contributed by atoms with Crippen LogP contribution in [0, 0.1) is 11.8 Å². The van der Waals surface area contributed by atoms with Gasteiger partial charge >= 0.3 is 5.69 Å². The molecule has 0 spiro atoms. The van der Waals surface area contributed by atoms with Crippen LogP contribution in [0.15, 0.2) is 4.79 Å². The van der Waals surface area contributed by atoms with E-state index >= 15 is 0 Å². The quantitative estimate of drug-likeness (QED) is 0.820. The van der Waals surface area contributed by atoms with E-state index in [9.17, 15) is 4.79 Å². The van der Waals surface area contributed by atoms with Crippen molar-refractivity contribution in [2.75, 3.05) is 0 Å². The number of fused-ring (bicyclic) bond motifs is 2. The molecule has 0 aliphatic heterocycles. The molecule has 4 nitrogen and oxygen atoms in total. The van der Waals surface area contributed by atoms with Gasteiger partial charge in [0.2, 0.25) is 0 Å². The molecule has 82 valence electrons. The summed E-state index contributed by atoms with van der Waals surface area (Å²) in [6.07, 6.45) is 5.68. The van der Waals surface area contributed by atoms with Crippen LogP contribution in [0.5, 0.6) is 0 Å². The van der Waals surface area contributed by atoms with E-state index in [4.69, 9.17) is 0 Å². The maximum Gasteiger partial charge on any atom is 0.340 e. The highest BCUT2D eigenvalue weighted by Crippen LogP contribution is 2.49. The van der Waals surface area contributed by atoms with E-state index in [2.05, 4.69) is 15.2 Å². The molecule has 0 amide bonds. The fourth-order valence-electron chi connectivity index (χ4n) is 2.95. The second-order valence-corrected chi connectivity index (χ2v) is 5.88. The fourth-order valence-corrected chi connectivity index (χ4v) is 4.39. The normalized spacial score (nSPS) is 33.7. The van der Waals surface area contributed by atoms with Crippen molar-refractivity contribution in [1.29, 1.82) is 0 Å². The Morgan fingerprint density at radius 2 is 2.33 bits per heavy atom. The summed E-state index contributed by atoms with van der Waals surface area (Å²) in [5.74, 6) is 3.55. The van der Waals surface area contributed by atoms with Gasteiger partial charge in [-0.1, -0.05) is 6.42 Å². The molecule has 2 bridgehead atoms. The summed E-state index contributed by atoms with van der Waals surface area (Å²) in [5, 5.41) is 7.14. The van der Waals surface area contributed by atoms with E-state index in [1.807, 2.05) is 11.8 Å². The van der Waals surface area contributed by atoms with Crippen LogP contribution in [-0.4, -0.2) is 20.4 Å². The lowest BCUT2D eigenvalue weighted by Gasteiger charge is -2.20. The van der Waals surface area contributed by atoms with E-state index in [-0.39, 0.29) is 5.69 Å². The number of hydrogen-bond donors (Lipinski definition) is 2. The molecule has 2 fully saturated rings. The Balaban J connectivity index is 1.56. The number of thioether (sulfide) groups is 1. The molecule has 2 aliphatic carbocycles. The molecule has 2 saturated carbocycles. The van der Waals surface area contributed by atoms with Gasteiger partial charge < -0.3 is 0 Å². The summed E-state index contributed by atoms with van der Waals surface area (Å²) in [6, 6.07) is 0.